The van der Waals surface area contributed by atoms with Crippen LogP contribution in [0.3, 0.4) is 0 Å². The van der Waals surface area contributed by atoms with E-state index in [1.807, 2.05) is 12.1 Å². The average Bonchev–Trinajstić information content (AvgIpc) is 2.04. The lowest BCUT2D eigenvalue weighted by Gasteiger charge is -2.19. The number of thiol groups is 1. The number of hydrogen-bond acceptors (Lipinski definition) is 2. The van der Waals surface area contributed by atoms with Crippen molar-refractivity contribution >= 4 is 12.6 Å². The van der Waals surface area contributed by atoms with Gasteiger partial charge in [0.1, 0.15) is 0 Å². The number of rotatable bonds is 2. The van der Waals surface area contributed by atoms with E-state index >= 15 is 0 Å². The van der Waals surface area contributed by atoms with Gasteiger partial charge in [0.15, 0.2) is 0 Å². The minimum atomic E-state index is 0.471. The second kappa shape index (κ2) is 3.97. The molecule has 2 heteroatoms. The van der Waals surface area contributed by atoms with Gasteiger partial charge in [0.05, 0.1) is 0 Å². The molecule has 0 heterocycles. The summed E-state index contributed by atoms with van der Waals surface area (Å²) in [5.41, 5.74) is 1.33. The Morgan fingerprint density at radius 2 is 1.67 bits per heavy atom. The fourth-order valence-corrected chi connectivity index (χ4v) is 1.20. The molecule has 66 valence electrons. The van der Waals surface area contributed by atoms with Crippen LogP contribution in [0.4, 0.5) is 0 Å². The highest BCUT2D eigenvalue weighted by atomic mass is 32.1. The molecular formula is C10H15NS. The molecule has 0 radical (unpaired) electrons. The summed E-state index contributed by atoms with van der Waals surface area (Å²) >= 11 is 4.24. The maximum absolute atomic E-state index is 4.24. The van der Waals surface area contributed by atoms with Crippen LogP contribution in [0.2, 0.25) is 0 Å². The zero-order valence-electron chi connectivity index (χ0n) is 7.78. The first kappa shape index (κ1) is 9.62. The van der Waals surface area contributed by atoms with Gasteiger partial charge in [-0.25, -0.2) is 0 Å². The van der Waals surface area contributed by atoms with Crippen LogP contribution < -0.4 is 0 Å². The third-order valence-corrected chi connectivity index (χ3v) is 2.45. The Morgan fingerprint density at radius 1 is 1.17 bits per heavy atom. The third kappa shape index (κ3) is 2.26. The van der Waals surface area contributed by atoms with Crippen LogP contribution in [-0.2, 0) is 0 Å². The molecule has 0 aromatic heterocycles. The van der Waals surface area contributed by atoms with Gasteiger partial charge in [-0.15, -0.1) is 12.6 Å². The zero-order chi connectivity index (χ0) is 9.14. The molecule has 1 nitrogen and oxygen atoms in total. The molecule has 1 unspecified atom stereocenters. The fraction of sp³-hybridized carbons (Fsp3) is 0.400. The predicted octanol–water partition coefficient (Wildman–Crippen LogP) is 2.60. The Bertz CT molecular complexity index is 241. The van der Waals surface area contributed by atoms with Crippen molar-refractivity contribution in [3.8, 4) is 0 Å². The van der Waals surface area contributed by atoms with Crippen LogP contribution in [0, 0.1) is 0 Å². The zero-order valence-corrected chi connectivity index (χ0v) is 8.68. The van der Waals surface area contributed by atoms with Crippen molar-refractivity contribution in [3.05, 3.63) is 29.8 Å². The van der Waals surface area contributed by atoms with Crippen molar-refractivity contribution in [1.29, 1.82) is 0 Å². The molecule has 0 aliphatic carbocycles. The predicted molar refractivity (Wildman–Crippen MR) is 55.8 cm³/mol. The van der Waals surface area contributed by atoms with Crippen molar-refractivity contribution in [1.82, 2.24) is 4.90 Å². The molecular weight excluding hydrogens is 166 g/mol. The molecule has 0 fully saturated rings. The fourth-order valence-electron chi connectivity index (χ4n) is 1.05. The maximum atomic E-state index is 4.24. The highest BCUT2D eigenvalue weighted by molar-refractivity contribution is 7.80. The van der Waals surface area contributed by atoms with E-state index < -0.39 is 0 Å². The molecule has 0 N–H and O–H groups in total. The van der Waals surface area contributed by atoms with Crippen molar-refractivity contribution in [2.45, 2.75) is 17.9 Å². The molecule has 0 aliphatic rings. The van der Waals surface area contributed by atoms with E-state index in [9.17, 15) is 0 Å². The van der Waals surface area contributed by atoms with Gasteiger partial charge in [-0.3, -0.25) is 0 Å². The minimum Gasteiger partial charge on any atom is -0.303 e. The van der Waals surface area contributed by atoms with Crippen LogP contribution in [0.25, 0.3) is 0 Å². The van der Waals surface area contributed by atoms with Gasteiger partial charge < -0.3 is 4.90 Å². The van der Waals surface area contributed by atoms with Gasteiger partial charge in [0.2, 0.25) is 0 Å². The summed E-state index contributed by atoms with van der Waals surface area (Å²) in [4.78, 5) is 3.21. The van der Waals surface area contributed by atoms with Gasteiger partial charge in [-0.1, -0.05) is 12.1 Å². The molecule has 12 heavy (non-hydrogen) atoms. The van der Waals surface area contributed by atoms with Gasteiger partial charge in [0, 0.05) is 10.9 Å². The second-order valence-electron chi connectivity index (χ2n) is 3.23. The minimum absolute atomic E-state index is 0.471. The monoisotopic (exact) mass is 181 g/mol. The standard InChI is InChI=1S/C10H15NS/c1-8(11(2)3)9-4-6-10(12)7-5-9/h4-8,12H,1-3H3. The second-order valence-corrected chi connectivity index (χ2v) is 3.75. The van der Waals surface area contributed by atoms with Gasteiger partial charge in [-0.05, 0) is 38.7 Å². The Morgan fingerprint density at radius 3 is 2.08 bits per heavy atom. The van der Waals surface area contributed by atoms with E-state index in [4.69, 9.17) is 0 Å². The highest BCUT2D eigenvalue weighted by Crippen LogP contribution is 2.18. The maximum Gasteiger partial charge on any atom is 0.0313 e. The summed E-state index contributed by atoms with van der Waals surface area (Å²) in [5.74, 6) is 0. The van der Waals surface area contributed by atoms with Crippen LogP contribution in [0.5, 0.6) is 0 Å². The lowest BCUT2D eigenvalue weighted by atomic mass is 10.1. The van der Waals surface area contributed by atoms with Crippen molar-refractivity contribution < 1.29 is 0 Å². The Labute approximate surface area is 79.8 Å². The topological polar surface area (TPSA) is 3.24 Å². The molecule has 1 aromatic carbocycles. The van der Waals surface area contributed by atoms with Gasteiger partial charge in [-0.2, -0.15) is 0 Å². The average molecular weight is 181 g/mol. The summed E-state index contributed by atoms with van der Waals surface area (Å²) in [6, 6.07) is 8.76. The lowest BCUT2D eigenvalue weighted by Crippen LogP contribution is -2.16. The third-order valence-electron chi connectivity index (χ3n) is 2.15. The first-order valence-electron chi connectivity index (χ1n) is 4.06. The van der Waals surface area contributed by atoms with E-state index in [0.717, 1.165) is 4.90 Å². The molecule has 1 atom stereocenters. The van der Waals surface area contributed by atoms with Gasteiger partial charge >= 0.3 is 0 Å². The van der Waals surface area contributed by atoms with Crippen LogP contribution in [-0.4, -0.2) is 19.0 Å². The summed E-state index contributed by atoms with van der Waals surface area (Å²) in [6.07, 6.45) is 0. The molecule has 0 bridgehead atoms. The number of benzene rings is 1. The van der Waals surface area contributed by atoms with E-state index in [2.05, 4.69) is 50.7 Å². The van der Waals surface area contributed by atoms with Crippen LogP contribution >= 0.6 is 12.6 Å². The SMILES string of the molecule is CC(c1ccc(S)cc1)N(C)C. The van der Waals surface area contributed by atoms with Crippen LogP contribution in [0.1, 0.15) is 18.5 Å². The summed E-state index contributed by atoms with van der Waals surface area (Å²) in [7, 11) is 4.17. The van der Waals surface area contributed by atoms with E-state index in [-0.39, 0.29) is 0 Å². The molecule has 0 saturated heterocycles. The highest BCUT2D eigenvalue weighted by Gasteiger charge is 2.05. The normalized spacial score (nSPS) is 13.4. The van der Waals surface area contributed by atoms with Crippen molar-refractivity contribution in [2.24, 2.45) is 0 Å². The number of hydrogen-bond donors (Lipinski definition) is 1. The molecule has 0 spiro atoms. The van der Waals surface area contributed by atoms with E-state index in [1.54, 1.807) is 0 Å². The van der Waals surface area contributed by atoms with Gasteiger partial charge in [0.25, 0.3) is 0 Å². The summed E-state index contributed by atoms with van der Waals surface area (Å²) < 4.78 is 0. The summed E-state index contributed by atoms with van der Waals surface area (Å²) in [6.45, 7) is 2.19. The van der Waals surface area contributed by atoms with Crippen molar-refractivity contribution in [3.63, 3.8) is 0 Å². The largest absolute Gasteiger partial charge is 0.303 e. The first-order chi connectivity index (χ1) is 5.61. The van der Waals surface area contributed by atoms with Crippen LogP contribution in [0.15, 0.2) is 29.2 Å². The summed E-state index contributed by atoms with van der Waals surface area (Å²) in [5, 5.41) is 0. The molecule has 1 rings (SSSR count). The van der Waals surface area contributed by atoms with Crippen molar-refractivity contribution in [2.75, 3.05) is 14.1 Å². The van der Waals surface area contributed by atoms with E-state index in [1.165, 1.54) is 5.56 Å². The van der Waals surface area contributed by atoms with E-state index in [0.29, 0.717) is 6.04 Å². The Balaban J connectivity index is 2.82. The first-order valence-corrected chi connectivity index (χ1v) is 4.51. The molecule has 1 aromatic rings. The quantitative estimate of drug-likeness (QED) is 0.686. The molecule has 0 aliphatic heterocycles. The lowest BCUT2D eigenvalue weighted by molar-refractivity contribution is 0.321. The Hall–Kier alpha value is -0.470. The molecule has 0 amide bonds. The Kier molecular flexibility index (Phi) is 3.18. The molecule has 0 saturated carbocycles. The number of nitrogens with zero attached hydrogens (tertiary/aromatic N) is 1. The smallest absolute Gasteiger partial charge is 0.0313 e.